The fourth-order valence-corrected chi connectivity index (χ4v) is 3.86. The molecule has 5 rings (SSSR count). The quantitative estimate of drug-likeness (QED) is 0.550. The number of imide groups is 1. The Morgan fingerprint density at radius 2 is 1.84 bits per heavy atom. The van der Waals surface area contributed by atoms with Crippen molar-refractivity contribution in [3.8, 4) is 17.1 Å². The zero-order chi connectivity index (χ0) is 22.2. The lowest BCUT2D eigenvalue weighted by Crippen LogP contribution is -2.39. The molecule has 0 bridgehead atoms. The molecule has 0 spiro atoms. The minimum atomic E-state index is -0.896. The first kappa shape index (κ1) is 19.9. The summed E-state index contributed by atoms with van der Waals surface area (Å²) in [6, 6.07) is 12.8. The molecule has 0 unspecified atom stereocenters. The highest BCUT2D eigenvalue weighted by Crippen LogP contribution is 2.33. The molecule has 2 amide bonds. The van der Waals surface area contributed by atoms with Crippen LogP contribution in [0.25, 0.3) is 11.4 Å². The van der Waals surface area contributed by atoms with Crippen LogP contribution in [-0.4, -0.2) is 45.7 Å². The summed E-state index contributed by atoms with van der Waals surface area (Å²) < 4.78 is 10.8. The van der Waals surface area contributed by atoms with E-state index < -0.39 is 23.9 Å². The van der Waals surface area contributed by atoms with Crippen molar-refractivity contribution in [2.75, 3.05) is 11.5 Å². The van der Waals surface area contributed by atoms with E-state index in [1.807, 2.05) is 38.1 Å². The Labute approximate surface area is 183 Å². The fourth-order valence-electron chi connectivity index (χ4n) is 3.86. The van der Waals surface area contributed by atoms with Gasteiger partial charge in [0, 0.05) is 5.56 Å². The van der Waals surface area contributed by atoms with Crippen molar-refractivity contribution >= 4 is 17.5 Å². The molecular weight excluding hydrogens is 412 g/mol. The summed E-state index contributed by atoms with van der Waals surface area (Å²) in [7, 11) is 0. The van der Waals surface area contributed by atoms with Crippen LogP contribution >= 0.6 is 0 Å². The first-order chi connectivity index (χ1) is 15.6. The summed E-state index contributed by atoms with van der Waals surface area (Å²) in [5.74, 6) is 0.588. The van der Waals surface area contributed by atoms with Crippen LogP contribution in [0.4, 0.5) is 5.69 Å². The van der Waals surface area contributed by atoms with Gasteiger partial charge in [0.2, 0.25) is 11.7 Å². The Bertz CT molecular complexity index is 1210. The summed E-state index contributed by atoms with van der Waals surface area (Å²) in [5.41, 5.74) is 2.34. The van der Waals surface area contributed by atoms with E-state index in [4.69, 9.17) is 9.26 Å². The number of hydrogen-bond acceptors (Lipinski definition) is 9. The smallest absolute Gasteiger partial charge is 0.263 e. The predicted octanol–water partition coefficient (Wildman–Crippen LogP) is 2.94. The van der Waals surface area contributed by atoms with E-state index in [-0.39, 0.29) is 12.4 Å². The standard InChI is InChI=1S/C22H20N6O4/c1-3-31-15-10-8-14(9-11-15)28-21(29)18-19(22(28)30)27(26-24-18)12-17-23-20(25-32-17)16-7-5-4-6-13(16)2/h4-11,18-19H,3,12H2,1-2H3/t18-,19-/m0/s1. The fraction of sp³-hybridized carbons (Fsp3) is 0.273. The zero-order valence-electron chi connectivity index (χ0n) is 17.5. The van der Waals surface area contributed by atoms with Gasteiger partial charge < -0.3 is 9.26 Å². The van der Waals surface area contributed by atoms with Crippen LogP contribution in [0, 0.1) is 6.92 Å². The molecule has 3 aromatic rings. The Hall–Kier alpha value is -4.08. The molecule has 0 saturated carbocycles. The molecule has 0 aliphatic carbocycles. The number of benzene rings is 2. The van der Waals surface area contributed by atoms with E-state index in [0.29, 0.717) is 23.9 Å². The van der Waals surface area contributed by atoms with Crippen molar-refractivity contribution in [3.63, 3.8) is 0 Å². The van der Waals surface area contributed by atoms with Crippen LogP contribution in [0.1, 0.15) is 18.4 Å². The van der Waals surface area contributed by atoms with Gasteiger partial charge in [-0.3, -0.25) is 14.6 Å². The topological polar surface area (TPSA) is 113 Å². The van der Waals surface area contributed by atoms with Crippen molar-refractivity contribution in [2.24, 2.45) is 10.3 Å². The monoisotopic (exact) mass is 432 g/mol. The van der Waals surface area contributed by atoms with Gasteiger partial charge in [0.15, 0.2) is 12.1 Å². The van der Waals surface area contributed by atoms with Gasteiger partial charge in [-0.2, -0.15) is 10.1 Å². The van der Waals surface area contributed by atoms with Crippen LogP contribution in [0.3, 0.4) is 0 Å². The number of nitrogens with zero attached hydrogens (tertiary/aromatic N) is 6. The number of anilines is 1. The maximum atomic E-state index is 13.1. The van der Waals surface area contributed by atoms with Crippen molar-refractivity contribution in [1.29, 1.82) is 0 Å². The van der Waals surface area contributed by atoms with Crippen LogP contribution in [-0.2, 0) is 16.1 Å². The summed E-state index contributed by atoms with van der Waals surface area (Å²) >= 11 is 0. The van der Waals surface area contributed by atoms with Gasteiger partial charge in [0.1, 0.15) is 12.3 Å². The first-order valence-electron chi connectivity index (χ1n) is 10.2. The third-order valence-corrected chi connectivity index (χ3v) is 5.42. The summed E-state index contributed by atoms with van der Waals surface area (Å²) in [4.78, 5) is 31.6. The lowest BCUT2D eigenvalue weighted by molar-refractivity contribution is -0.123. The number of aryl methyl sites for hydroxylation is 1. The number of amides is 2. The molecule has 2 atom stereocenters. The predicted molar refractivity (Wildman–Crippen MR) is 113 cm³/mol. The average molecular weight is 432 g/mol. The minimum absolute atomic E-state index is 0.0691. The van der Waals surface area contributed by atoms with Gasteiger partial charge in [-0.05, 0) is 43.7 Å². The molecule has 1 fully saturated rings. The number of fused-ring (bicyclic) bond motifs is 1. The van der Waals surface area contributed by atoms with Crippen molar-refractivity contribution in [1.82, 2.24) is 15.1 Å². The van der Waals surface area contributed by atoms with Crippen LogP contribution in [0.15, 0.2) is 63.4 Å². The van der Waals surface area contributed by atoms with Gasteiger partial charge in [-0.1, -0.05) is 34.6 Å². The zero-order valence-corrected chi connectivity index (χ0v) is 17.5. The van der Waals surface area contributed by atoms with E-state index in [1.165, 1.54) is 5.01 Å². The number of rotatable bonds is 6. The lowest BCUT2D eigenvalue weighted by atomic mass is 10.1. The number of hydrogen-bond donors (Lipinski definition) is 0. The highest BCUT2D eigenvalue weighted by Gasteiger charge is 2.55. The molecule has 2 aliphatic rings. The van der Waals surface area contributed by atoms with Crippen LogP contribution in [0.5, 0.6) is 5.75 Å². The van der Waals surface area contributed by atoms with Crippen LogP contribution in [0.2, 0.25) is 0 Å². The van der Waals surface area contributed by atoms with Gasteiger partial charge in [-0.25, -0.2) is 4.90 Å². The largest absolute Gasteiger partial charge is 0.494 e. The Morgan fingerprint density at radius 3 is 2.59 bits per heavy atom. The molecule has 1 aromatic heterocycles. The van der Waals surface area contributed by atoms with E-state index in [1.54, 1.807) is 24.3 Å². The van der Waals surface area contributed by atoms with E-state index in [0.717, 1.165) is 16.0 Å². The van der Waals surface area contributed by atoms with Crippen molar-refractivity contribution < 1.29 is 18.8 Å². The average Bonchev–Trinajstić information content (AvgIpc) is 3.48. The number of carbonyl (C=O) groups is 2. The van der Waals surface area contributed by atoms with Crippen LogP contribution < -0.4 is 9.64 Å². The van der Waals surface area contributed by atoms with E-state index >= 15 is 0 Å². The Kier molecular flexibility index (Phi) is 4.89. The summed E-state index contributed by atoms with van der Waals surface area (Å²) in [6.07, 6.45) is 0. The lowest BCUT2D eigenvalue weighted by Gasteiger charge is -2.19. The van der Waals surface area contributed by atoms with E-state index in [2.05, 4.69) is 20.5 Å². The van der Waals surface area contributed by atoms with E-state index in [9.17, 15) is 9.59 Å². The molecular formula is C22H20N6O4. The maximum absolute atomic E-state index is 13.1. The molecule has 162 valence electrons. The third kappa shape index (κ3) is 3.29. The number of aromatic nitrogens is 2. The number of ether oxygens (including phenoxy) is 1. The molecule has 0 N–H and O–H groups in total. The Morgan fingerprint density at radius 1 is 1.06 bits per heavy atom. The van der Waals surface area contributed by atoms with Gasteiger partial charge in [0.25, 0.3) is 11.8 Å². The minimum Gasteiger partial charge on any atom is -0.494 e. The molecule has 10 nitrogen and oxygen atoms in total. The SMILES string of the molecule is CCOc1ccc(N2C(=O)[C@H]3N=NN(Cc4nc(-c5ccccc5C)no4)[C@@H]3C2=O)cc1. The second kappa shape index (κ2) is 7.88. The van der Waals surface area contributed by atoms with Gasteiger partial charge >= 0.3 is 0 Å². The second-order valence-electron chi connectivity index (χ2n) is 7.46. The highest BCUT2D eigenvalue weighted by molar-refractivity contribution is 6.25. The van der Waals surface area contributed by atoms with Crippen molar-refractivity contribution in [2.45, 2.75) is 32.5 Å². The molecule has 3 heterocycles. The maximum Gasteiger partial charge on any atom is 0.263 e. The Balaban J connectivity index is 1.34. The molecule has 0 radical (unpaired) electrons. The second-order valence-corrected chi connectivity index (χ2v) is 7.46. The van der Waals surface area contributed by atoms with Gasteiger partial charge in [-0.15, -0.1) is 0 Å². The van der Waals surface area contributed by atoms with Gasteiger partial charge in [0.05, 0.1) is 12.3 Å². The molecule has 10 heteroatoms. The molecule has 1 saturated heterocycles. The summed E-state index contributed by atoms with van der Waals surface area (Å²) in [5, 5.41) is 13.5. The molecule has 32 heavy (non-hydrogen) atoms. The molecule has 2 aliphatic heterocycles. The number of carbonyl (C=O) groups excluding carboxylic acids is 2. The highest BCUT2D eigenvalue weighted by atomic mass is 16.5. The molecule has 2 aromatic carbocycles. The third-order valence-electron chi connectivity index (χ3n) is 5.42. The normalized spacial score (nSPS) is 19.7. The van der Waals surface area contributed by atoms with Crippen molar-refractivity contribution in [3.05, 3.63) is 60.0 Å². The first-order valence-corrected chi connectivity index (χ1v) is 10.2. The summed E-state index contributed by atoms with van der Waals surface area (Å²) in [6.45, 7) is 4.44.